The lowest BCUT2D eigenvalue weighted by molar-refractivity contribution is -0.131. The van der Waals surface area contributed by atoms with Crippen LogP contribution in [0.15, 0.2) is 24.3 Å². The van der Waals surface area contributed by atoms with Gasteiger partial charge >= 0.3 is 5.97 Å². The zero-order chi connectivity index (χ0) is 15.2. The van der Waals surface area contributed by atoms with Crippen LogP contribution in [0.5, 0.6) is 0 Å². The maximum absolute atomic E-state index is 10.8. The van der Waals surface area contributed by atoms with E-state index in [0.29, 0.717) is 0 Å². The monoisotopic (exact) mass is 289 g/mol. The molecule has 0 spiro atoms. The van der Waals surface area contributed by atoms with Crippen molar-refractivity contribution in [1.82, 2.24) is 0 Å². The van der Waals surface area contributed by atoms with Gasteiger partial charge in [-0.3, -0.25) is 0 Å². The predicted molar refractivity (Wildman–Crippen MR) is 84.7 cm³/mol. The molecule has 1 saturated heterocycles. The Bertz CT molecular complexity index is 519. The highest BCUT2D eigenvalue weighted by atomic mass is 16.5. The molecule has 1 unspecified atom stereocenters. The minimum atomic E-state index is -0.926. The number of hydrogen-bond acceptors (Lipinski definition) is 3. The van der Waals surface area contributed by atoms with E-state index in [1.165, 1.54) is 6.08 Å². The van der Waals surface area contributed by atoms with Crippen molar-refractivity contribution in [2.45, 2.75) is 32.8 Å². The molecular weight excluding hydrogens is 266 g/mol. The molecule has 21 heavy (non-hydrogen) atoms. The highest BCUT2D eigenvalue weighted by molar-refractivity contribution is 5.87. The van der Waals surface area contributed by atoms with Crippen LogP contribution in [0.2, 0.25) is 0 Å². The number of carboxylic acid groups (broad SMARTS) is 1. The van der Waals surface area contributed by atoms with E-state index in [4.69, 9.17) is 9.84 Å². The van der Waals surface area contributed by atoms with Gasteiger partial charge in [0.05, 0.1) is 6.10 Å². The van der Waals surface area contributed by atoms with Crippen LogP contribution < -0.4 is 4.90 Å². The van der Waals surface area contributed by atoms with E-state index in [2.05, 4.69) is 24.0 Å². The summed E-state index contributed by atoms with van der Waals surface area (Å²) in [5.74, 6) is -0.926. The molecule has 1 atom stereocenters. The Balaban J connectivity index is 2.24. The van der Waals surface area contributed by atoms with Crippen LogP contribution in [0.1, 0.15) is 30.9 Å². The summed E-state index contributed by atoms with van der Waals surface area (Å²) in [6, 6.07) is 6.15. The number of carboxylic acids is 1. The van der Waals surface area contributed by atoms with Crippen LogP contribution >= 0.6 is 0 Å². The van der Waals surface area contributed by atoms with E-state index >= 15 is 0 Å². The molecule has 0 bridgehead atoms. The summed E-state index contributed by atoms with van der Waals surface area (Å²) in [6.07, 6.45) is 5.37. The Labute approximate surface area is 126 Å². The number of benzene rings is 1. The number of aliphatic carboxylic acids is 1. The molecule has 0 saturated carbocycles. The Morgan fingerprint density at radius 3 is 2.95 bits per heavy atom. The topological polar surface area (TPSA) is 49.8 Å². The first kappa shape index (κ1) is 15.6. The fraction of sp³-hybridized carbons (Fsp3) is 0.471. The largest absolute Gasteiger partial charge is 0.478 e. The van der Waals surface area contributed by atoms with Gasteiger partial charge in [0.25, 0.3) is 0 Å². The Kier molecular flexibility index (Phi) is 5.39. The lowest BCUT2D eigenvalue weighted by Gasteiger charge is -2.27. The minimum Gasteiger partial charge on any atom is -0.478 e. The van der Waals surface area contributed by atoms with Crippen LogP contribution in [0.3, 0.4) is 0 Å². The molecule has 1 aromatic carbocycles. The van der Waals surface area contributed by atoms with Crippen LogP contribution in [-0.2, 0) is 9.53 Å². The van der Waals surface area contributed by atoms with Gasteiger partial charge < -0.3 is 14.7 Å². The maximum atomic E-state index is 10.8. The second kappa shape index (κ2) is 7.27. The van der Waals surface area contributed by atoms with Gasteiger partial charge in [-0.15, -0.1) is 0 Å². The third kappa shape index (κ3) is 4.33. The van der Waals surface area contributed by atoms with Gasteiger partial charge in [-0.05, 0) is 50.5 Å². The fourth-order valence-electron chi connectivity index (χ4n) is 2.69. The van der Waals surface area contributed by atoms with E-state index in [1.54, 1.807) is 6.08 Å². The zero-order valence-electron chi connectivity index (χ0n) is 12.7. The van der Waals surface area contributed by atoms with E-state index in [-0.39, 0.29) is 6.10 Å². The van der Waals surface area contributed by atoms with Crippen LogP contribution in [-0.4, -0.2) is 36.9 Å². The van der Waals surface area contributed by atoms with E-state index in [9.17, 15) is 4.79 Å². The van der Waals surface area contributed by atoms with Gasteiger partial charge in [-0.1, -0.05) is 11.6 Å². The van der Waals surface area contributed by atoms with Crippen molar-refractivity contribution in [2.24, 2.45) is 0 Å². The van der Waals surface area contributed by atoms with Gasteiger partial charge in [-0.25, -0.2) is 4.79 Å². The van der Waals surface area contributed by atoms with Crippen LogP contribution in [0, 0.1) is 6.92 Å². The van der Waals surface area contributed by atoms with Crippen LogP contribution in [0.4, 0.5) is 5.69 Å². The molecule has 2 rings (SSSR count). The summed E-state index contributed by atoms with van der Waals surface area (Å²) in [7, 11) is 0. The van der Waals surface area contributed by atoms with Crippen LogP contribution in [0.25, 0.3) is 6.08 Å². The molecule has 0 aromatic heterocycles. The van der Waals surface area contributed by atoms with Crippen molar-refractivity contribution in [3.8, 4) is 0 Å². The lowest BCUT2D eigenvalue weighted by atomic mass is 10.1. The van der Waals surface area contributed by atoms with Gasteiger partial charge in [0, 0.05) is 31.5 Å². The molecule has 4 heteroatoms. The van der Waals surface area contributed by atoms with E-state index in [0.717, 1.165) is 49.4 Å². The van der Waals surface area contributed by atoms with Crippen molar-refractivity contribution in [2.75, 3.05) is 24.6 Å². The second-order valence-electron chi connectivity index (χ2n) is 5.41. The molecule has 0 aliphatic carbocycles. The van der Waals surface area contributed by atoms with Crippen molar-refractivity contribution in [3.05, 3.63) is 35.4 Å². The van der Waals surface area contributed by atoms with Gasteiger partial charge in [-0.2, -0.15) is 0 Å². The smallest absolute Gasteiger partial charge is 0.328 e. The van der Waals surface area contributed by atoms with Gasteiger partial charge in [0.15, 0.2) is 0 Å². The molecule has 0 amide bonds. The molecule has 1 aromatic rings. The first-order valence-corrected chi connectivity index (χ1v) is 7.48. The highest BCUT2D eigenvalue weighted by Gasteiger charge is 2.19. The summed E-state index contributed by atoms with van der Waals surface area (Å²) < 4.78 is 5.71. The first-order valence-electron chi connectivity index (χ1n) is 7.48. The van der Waals surface area contributed by atoms with E-state index < -0.39 is 5.97 Å². The Hall–Kier alpha value is -1.81. The van der Waals surface area contributed by atoms with Gasteiger partial charge in [0.2, 0.25) is 0 Å². The van der Waals surface area contributed by atoms with Crippen molar-refractivity contribution in [3.63, 3.8) is 0 Å². The first-order chi connectivity index (χ1) is 10.1. The summed E-state index contributed by atoms with van der Waals surface area (Å²) in [4.78, 5) is 13.0. The fourth-order valence-corrected chi connectivity index (χ4v) is 2.69. The standard InChI is InChI=1S/C17H23NO3/c1-3-18(12-15-5-4-10-21-15)16-8-6-13(2)11-14(16)7-9-17(19)20/h6-9,11,15H,3-5,10,12H2,1-2H3,(H,19,20)/b9-7+. The molecule has 1 N–H and O–H groups in total. The molecule has 1 aliphatic heterocycles. The predicted octanol–water partition coefficient (Wildman–Crippen LogP) is 3.10. The molecule has 1 heterocycles. The number of carbonyl (C=O) groups is 1. The number of nitrogens with zero attached hydrogens (tertiary/aromatic N) is 1. The molecular formula is C17H23NO3. The number of rotatable bonds is 6. The summed E-state index contributed by atoms with van der Waals surface area (Å²) in [6.45, 7) is 6.70. The number of likely N-dealkylation sites (N-methyl/N-ethyl adjacent to an activating group) is 1. The quantitative estimate of drug-likeness (QED) is 0.818. The number of anilines is 1. The SMILES string of the molecule is CCN(CC1CCCO1)c1ccc(C)cc1/C=C/C(=O)O. The lowest BCUT2D eigenvalue weighted by Crippen LogP contribution is -2.32. The average Bonchev–Trinajstić information content (AvgIpc) is 2.96. The summed E-state index contributed by atoms with van der Waals surface area (Å²) in [5.41, 5.74) is 3.13. The number of aryl methyl sites for hydroxylation is 1. The molecule has 114 valence electrons. The van der Waals surface area contributed by atoms with Crippen molar-refractivity contribution < 1.29 is 14.6 Å². The van der Waals surface area contributed by atoms with Crippen molar-refractivity contribution in [1.29, 1.82) is 0 Å². The molecule has 4 nitrogen and oxygen atoms in total. The zero-order valence-corrected chi connectivity index (χ0v) is 12.7. The summed E-state index contributed by atoms with van der Waals surface area (Å²) in [5, 5.41) is 8.84. The second-order valence-corrected chi connectivity index (χ2v) is 5.41. The average molecular weight is 289 g/mol. The maximum Gasteiger partial charge on any atom is 0.328 e. The van der Waals surface area contributed by atoms with E-state index in [1.807, 2.05) is 13.0 Å². The molecule has 0 radical (unpaired) electrons. The molecule has 1 fully saturated rings. The number of ether oxygens (including phenoxy) is 1. The normalized spacial score (nSPS) is 18.3. The van der Waals surface area contributed by atoms with Crippen molar-refractivity contribution >= 4 is 17.7 Å². The Morgan fingerprint density at radius 1 is 1.52 bits per heavy atom. The third-order valence-electron chi connectivity index (χ3n) is 3.76. The minimum absolute atomic E-state index is 0.280. The third-order valence-corrected chi connectivity index (χ3v) is 3.76. The Morgan fingerprint density at radius 2 is 2.33 bits per heavy atom. The number of hydrogen-bond donors (Lipinski definition) is 1. The summed E-state index contributed by atoms with van der Waals surface area (Å²) >= 11 is 0. The van der Waals surface area contributed by atoms with Gasteiger partial charge in [0.1, 0.15) is 0 Å². The highest BCUT2D eigenvalue weighted by Crippen LogP contribution is 2.25. The molecule has 1 aliphatic rings.